The van der Waals surface area contributed by atoms with E-state index < -0.39 is 0 Å². The van der Waals surface area contributed by atoms with Crippen molar-refractivity contribution in [3.05, 3.63) is 35.9 Å². The summed E-state index contributed by atoms with van der Waals surface area (Å²) in [6.07, 6.45) is 13.1. The fourth-order valence-electron chi connectivity index (χ4n) is 1.45. The van der Waals surface area contributed by atoms with E-state index in [4.69, 9.17) is 0 Å². The van der Waals surface area contributed by atoms with Crippen molar-refractivity contribution < 1.29 is 0 Å². The summed E-state index contributed by atoms with van der Waals surface area (Å²) in [5, 5.41) is 0. The summed E-state index contributed by atoms with van der Waals surface area (Å²) in [6.45, 7) is 4.40. The van der Waals surface area contributed by atoms with Crippen molar-refractivity contribution in [3.8, 4) is 0 Å². The maximum atomic E-state index is 4.28. The zero-order chi connectivity index (χ0) is 10.0. The number of allylic oxidation sites excluding steroid dienone is 2. The highest BCUT2D eigenvalue weighted by Crippen LogP contribution is 2.29. The summed E-state index contributed by atoms with van der Waals surface area (Å²) in [6, 6.07) is 0. The van der Waals surface area contributed by atoms with Crippen LogP contribution in [0.1, 0.15) is 31.7 Å². The van der Waals surface area contributed by atoms with Crippen molar-refractivity contribution in [3.63, 3.8) is 0 Å². The Balaban J connectivity index is 2.47. The van der Waals surface area contributed by atoms with Crippen LogP contribution < -0.4 is 0 Å². The van der Waals surface area contributed by atoms with Gasteiger partial charge >= 0.3 is 0 Å². The van der Waals surface area contributed by atoms with Gasteiger partial charge in [-0.15, -0.1) is 0 Å². The van der Waals surface area contributed by atoms with Gasteiger partial charge in [0.15, 0.2) is 0 Å². The van der Waals surface area contributed by atoms with E-state index in [2.05, 4.69) is 48.1 Å². The lowest BCUT2D eigenvalue weighted by Crippen LogP contribution is -2.05. The van der Waals surface area contributed by atoms with Crippen molar-refractivity contribution >= 4 is 12.2 Å². The highest BCUT2D eigenvalue weighted by molar-refractivity contribution is 5.63. The maximum Gasteiger partial charge on any atom is 0.0883 e. The molecule has 72 valence electrons. The number of hydrogen-bond acceptors (Lipinski definition) is 2. The Morgan fingerprint density at radius 1 is 1.07 bits per heavy atom. The first-order chi connectivity index (χ1) is 6.73. The third kappa shape index (κ3) is 1.60. The Kier molecular flexibility index (Phi) is 2.20. The third-order valence-electron chi connectivity index (χ3n) is 2.76. The number of aromatic nitrogens is 2. The van der Waals surface area contributed by atoms with Crippen LogP contribution in [0.5, 0.6) is 0 Å². The minimum absolute atomic E-state index is 0.141. The molecule has 2 rings (SSSR count). The van der Waals surface area contributed by atoms with Gasteiger partial charge < -0.3 is 0 Å². The highest BCUT2D eigenvalue weighted by Gasteiger charge is 2.16. The van der Waals surface area contributed by atoms with Crippen molar-refractivity contribution in [2.24, 2.45) is 5.41 Å². The van der Waals surface area contributed by atoms with Gasteiger partial charge in [-0.2, -0.15) is 0 Å². The first kappa shape index (κ1) is 9.13. The molecule has 1 heterocycles. The molecule has 1 aliphatic carbocycles. The first-order valence-corrected chi connectivity index (χ1v) is 4.93. The lowest BCUT2D eigenvalue weighted by atomic mass is 9.87. The van der Waals surface area contributed by atoms with E-state index in [1.54, 1.807) is 12.4 Å². The van der Waals surface area contributed by atoms with Gasteiger partial charge in [0.05, 0.1) is 11.4 Å². The van der Waals surface area contributed by atoms with Crippen LogP contribution in [0.3, 0.4) is 0 Å². The molecule has 0 atom stereocenters. The third-order valence-corrected chi connectivity index (χ3v) is 2.76. The molecular weight excluding hydrogens is 172 g/mol. The molecule has 0 fully saturated rings. The van der Waals surface area contributed by atoms with Crippen LogP contribution in [0, 0.1) is 5.41 Å². The van der Waals surface area contributed by atoms with Crippen molar-refractivity contribution in [2.45, 2.75) is 20.3 Å². The topological polar surface area (TPSA) is 25.8 Å². The van der Waals surface area contributed by atoms with Crippen molar-refractivity contribution in [1.82, 2.24) is 9.97 Å². The quantitative estimate of drug-likeness (QED) is 0.674. The smallest absolute Gasteiger partial charge is 0.0883 e. The second-order valence-corrected chi connectivity index (χ2v) is 3.85. The molecule has 0 saturated heterocycles. The maximum absolute atomic E-state index is 4.28. The normalized spacial score (nSPS) is 17.6. The summed E-state index contributed by atoms with van der Waals surface area (Å²) in [7, 11) is 0. The molecule has 0 N–H and O–H groups in total. The molecular formula is C12H14N2. The molecule has 0 aromatic carbocycles. The Hall–Kier alpha value is -1.44. The first-order valence-electron chi connectivity index (χ1n) is 4.93. The predicted molar refractivity (Wildman–Crippen MR) is 58.5 cm³/mol. The average Bonchev–Trinajstić information content (AvgIpc) is 2.40. The van der Waals surface area contributed by atoms with Crippen LogP contribution in [0.4, 0.5) is 0 Å². The van der Waals surface area contributed by atoms with Crippen LogP contribution in [0.25, 0.3) is 12.2 Å². The number of hydrogen-bond donors (Lipinski definition) is 0. The molecule has 2 heteroatoms. The molecule has 1 aromatic heterocycles. The molecule has 0 bridgehead atoms. The standard InChI is InChI=1S/C12H14N2/c1-3-12(2)6-4-10-11(5-7-12)14-9-8-13-10/h4-9H,3H2,1-2H3. The van der Waals surface area contributed by atoms with E-state index in [9.17, 15) is 0 Å². The molecule has 0 unspecified atom stereocenters. The van der Waals surface area contributed by atoms with Crippen molar-refractivity contribution in [1.29, 1.82) is 0 Å². The number of fused-ring (bicyclic) bond motifs is 1. The average molecular weight is 186 g/mol. The van der Waals surface area contributed by atoms with Gasteiger partial charge in [-0.05, 0) is 18.6 Å². The molecule has 0 aliphatic heterocycles. The summed E-state index contributed by atoms with van der Waals surface area (Å²) in [4.78, 5) is 8.56. The Morgan fingerprint density at radius 3 is 2.00 bits per heavy atom. The summed E-state index contributed by atoms with van der Waals surface area (Å²) in [5.74, 6) is 0. The Bertz CT molecular complexity index is 358. The molecule has 0 saturated carbocycles. The lowest BCUT2D eigenvalue weighted by Gasteiger charge is -2.17. The van der Waals surface area contributed by atoms with Gasteiger partial charge in [0.25, 0.3) is 0 Å². The van der Waals surface area contributed by atoms with Gasteiger partial charge in [-0.25, -0.2) is 0 Å². The SMILES string of the molecule is CCC1(C)C=Cc2nccnc2C=C1. The second-order valence-electron chi connectivity index (χ2n) is 3.85. The van der Waals surface area contributed by atoms with Crippen molar-refractivity contribution in [2.75, 3.05) is 0 Å². The minimum Gasteiger partial charge on any atom is -0.253 e. The highest BCUT2D eigenvalue weighted by atomic mass is 14.8. The predicted octanol–water partition coefficient (Wildman–Crippen LogP) is 2.93. The van der Waals surface area contributed by atoms with E-state index in [0.29, 0.717) is 0 Å². The van der Waals surface area contributed by atoms with Gasteiger partial charge in [0.1, 0.15) is 0 Å². The summed E-state index contributed by atoms with van der Waals surface area (Å²) in [5.41, 5.74) is 2.06. The fraction of sp³-hybridized carbons (Fsp3) is 0.333. The van der Waals surface area contributed by atoms with E-state index in [1.807, 2.05) is 0 Å². The van der Waals surface area contributed by atoms with Gasteiger partial charge in [-0.3, -0.25) is 9.97 Å². The van der Waals surface area contributed by atoms with E-state index in [-0.39, 0.29) is 5.41 Å². The van der Waals surface area contributed by atoms with E-state index in [0.717, 1.165) is 17.8 Å². The molecule has 1 aliphatic rings. The monoisotopic (exact) mass is 186 g/mol. The van der Waals surface area contributed by atoms with Crippen LogP contribution in [-0.2, 0) is 0 Å². The number of rotatable bonds is 1. The van der Waals surface area contributed by atoms with E-state index in [1.165, 1.54) is 0 Å². The molecule has 14 heavy (non-hydrogen) atoms. The largest absolute Gasteiger partial charge is 0.253 e. The Morgan fingerprint density at radius 2 is 1.57 bits per heavy atom. The summed E-state index contributed by atoms with van der Waals surface area (Å²) >= 11 is 0. The lowest BCUT2D eigenvalue weighted by molar-refractivity contribution is 0.536. The van der Waals surface area contributed by atoms with Gasteiger partial charge in [0.2, 0.25) is 0 Å². The zero-order valence-electron chi connectivity index (χ0n) is 8.57. The van der Waals surface area contributed by atoms with Crippen LogP contribution in [0.15, 0.2) is 24.5 Å². The second kappa shape index (κ2) is 3.37. The molecule has 0 amide bonds. The molecule has 2 nitrogen and oxygen atoms in total. The molecule has 0 spiro atoms. The van der Waals surface area contributed by atoms with Crippen LogP contribution >= 0.6 is 0 Å². The minimum atomic E-state index is 0.141. The molecule has 1 aromatic rings. The van der Waals surface area contributed by atoms with Gasteiger partial charge in [0, 0.05) is 17.8 Å². The van der Waals surface area contributed by atoms with E-state index >= 15 is 0 Å². The Labute approximate surface area is 84.4 Å². The fourth-order valence-corrected chi connectivity index (χ4v) is 1.45. The van der Waals surface area contributed by atoms with Crippen LogP contribution in [0.2, 0.25) is 0 Å². The summed E-state index contributed by atoms with van der Waals surface area (Å²) < 4.78 is 0. The molecule has 0 radical (unpaired) electrons. The van der Waals surface area contributed by atoms with Crippen LogP contribution in [-0.4, -0.2) is 9.97 Å². The zero-order valence-corrected chi connectivity index (χ0v) is 8.57. The number of nitrogens with zero attached hydrogens (tertiary/aromatic N) is 2. The van der Waals surface area contributed by atoms with Gasteiger partial charge in [-0.1, -0.05) is 26.0 Å².